The van der Waals surface area contributed by atoms with Crippen molar-refractivity contribution in [2.75, 3.05) is 7.11 Å². The van der Waals surface area contributed by atoms with E-state index in [4.69, 9.17) is 21.6 Å². The van der Waals surface area contributed by atoms with Gasteiger partial charge in [0.2, 0.25) is 5.91 Å². The minimum absolute atomic E-state index is 0.166. The lowest BCUT2D eigenvalue weighted by molar-refractivity contribution is -0.155. The van der Waals surface area contributed by atoms with Gasteiger partial charge in [-0.05, 0) is 26.0 Å². The number of esters is 1. The number of β-lactam (4-membered cyclic amide) rings is 1. The van der Waals surface area contributed by atoms with Gasteiger partial charge >= 0.3 is 5.97 Å². The third kappa shape index (κ3) is 3.27. The quantitative estimate of drug-likeness (QED) is 0.132. The lowest BCUT2D eigenvalue weighted by Crippen LogP contribution is -2.81. The molecule has 2 aliphatic heterocycles. The summed E-state index contributed by atoms with van der Waals surface area (Å²) in [5.74, 6) is -3.87. The Bertz CT molecular complexity index is 928. The van der Waals surface area contributed by atoms with Crippen LogP contribution in [-0.4, -0.2) is 51.5 Å². The number of ether oxygens (including phenoxy) is 1. The number of nitrogens with one attached hydrogen (secondary N) is 1. The Hall–Kier alpha value is -2.22. The van der Waals surface area contributed by atoms with Crippen LogP contribution in [0.15, 0.2) is 24.3 Å². The molecule has 1 aromatic carbocycles. The van der Waals surface area contributed by atoms with Gasteiger partial charge in [0.25, 0.3) is 11.8 Å². The molecule has 0 radical (unpaired) electrons. The predicted molar refractivity (Wildman–Crippen MR) is 108 cm³/mol. The first-order valence-corrected chi connectivity index (χ1v) is 10.9. The fourth-order valence-electron chi connectivity index (χ4n) is 3.67. The van der Waals surface area contributed by atoms with Gasteiger partial charge < -0.3 is 10.1 Å². The van der Waals surface area contributed by atoms with E-state index in [0.717, 1.165) is 26.5 Å². The van der Waals surface area contributed by atoms with Gasteiger partial charge in [-0.15, -0.1) is 0 Å². The Morgan fingerprint density at radius 1 is 1.31 bits per heavy atom. The number of nitrogens with zero attached hydrogens (tertiary/aromatic N) is 2. The summed E-state index contributed by atoms with van der Waals surface area (Å²) in [6.07, 6.45) is 0. The van der Waals surface area contributed by atoms with Crippen LogP contribution in [0.4, 0.5) is 0 Å². The number of hydrogen-bond acceptors (Lipinski definition) is 8. The highest BCUT2D eigenvalue weighted by molar-refractivity contribution is 8.78. The van der Waals surface area contributed by atoms with E-state index in [0.29, 0.717) is 0 Å². The summed E-state index contributed by atoms with van der Waals surface area (Å²) >= 11 is 6.74. The zero-order chi connectivity index (χ0) is 21.6. The molecule has 152 valence electrons. The molecule has 0 spiro atoms. The first kappa shape index (κ1) is 21.5. The van der Waals surface area contributed by atoms with Crippen molar-refractivity contribution in [3.05, 3.63) is 35.4 Å². The standard InChI is InChI=1S/C18H16ClN3O5S2/c1-17(2,29-28-8-20)11(16(26)27-3)18(19)12(13(23)21-18)22-14(24)9-6-4-5-7-10(9)15(22)25/h4-7,11-12H,1-3H3,(H,21,23). The Kier molecular flexibility index (Phi) is 5.60. The molecular weight excluding hydrogens is 438 g/mol. The van der Waals surface area contributed by atoms with Crippen LogP contribution < -0.4 is 5.32 Å². The molecule has 0 bridgehead atoms. The lowest BCUT2D eigenvalue weighted by Gasteiger charge is -2.53. The normalized spacial score (nSPS) is 24.3. The van der Waals surface area contributed by atoms with Crippen LogP contribution in [-0.2, 0) is 14.3 Å². The van der Waals surface area contributed by atoms with Crippen LogP contribution >= 0.6 is 33.2 Å². The number of fused-ring (bicyclic) bond motifs is 1. The topological polar surface area (TPSA) is 117 Å². The van der Waals surface area contributed by atoms with Gasteiger partial charge in [0.05, 0.1) is 18.2 Å². The van der Waals surface area contributed by atoms with E-state index in [1.165, 1.54) is 19.2 Å². The molecule has 1 fully saturated rings. The maximum absolute atomic E-state index is 12.9. The SMILES string of the molecule is COC(=O)C(C(C)(C)SSC#N)C1(Cl)NC(=O)C1N1C(=O)c2ccccc2C1=O. The third-order valence-electron chi connectivity index (χ3n) is 4.89. The summed E-state index contributed by atoms with van der Waals surface area (Å²) in [5.41, 5.74) is 0.332. The van der Waals surface area contributed by atoms with Gasteiger partial charge in [-0.2, -0.15) is 5.26 Å². The average molecular weight is 454 g/mol. The van der Waals surface area contributed by atoms with Crippen molar-refractivity contribution in [2.24, 2.45) is 5.92 Å². The number of halogens is 1. The van der Waals surface area contributed by atoms with Crippen molar-refractivity contribution in [2.45, 2.75) is 29.6 Å². The van der Waals surface area contributed by atoms with E-state index in [2.05, 4.69) is 5.32 Å². The number of thiocyanates is 1. The average Bonchev–Trinajstić information content (AvgIpc) is 2.91. The molecule has 1 N–H and O–H groups in total. The number of hydrogen-bond donors (Lipinski definition) is 1. The Labute approximate surface area is 179 Å². The van der Waals surface area contributed by atoms with E-state index < -0.39 is 45.4 Å². The number of benzene rings is 1. The first-order valence-electron chi connectivity index (χ1n) is 8.39. The Balaban J connectivity index is 2.03. The highest BCUT2D eigenvalue weighted by Crippen LogP contribution is 2.51. The fraction of sp³-hybridized carbons (Fsp3) is 0.389. The summed E-state index contributed by atoms with van der Waals surface area (Å²) in [6, 6.07) is 4.79. The summed E-state index contributed by atoms with van der Waals surface area (Å²) in [7, 11) is 3.09. The molecule has 2 aliphatic rings. The van der Waals surface area contributed by atoms with Gasteiger partial charge in [-0.25, -0.2) is 0 Å². The second-order valence-corrected chi connectivity index (χ2v) is 10.2. The maximum atomic E-state index is 12.9. The second kappa shape index (κ2) is 7.55. The number of nitriles is 1. The van der Waals surface area contributed by atoms with Crippen molar-refractivity contribution >= 4 is 56.9 Å². The van der Waals surface area contributed by atoms with Crippen LogP contribution in [0.25, 0.3) is 0 Å². The summed E-state index contributed by atoms with van der Waals surface area (Å²) < 4.78 is 3.91. The molecule has 29 heavy (non-hydrogen) atoms. The van der Waals surface area contributed by atoms with Crippen molar-refractivity contribution in [1.29, 1.82) is 5.26 Å². The molecule has 1 saturated heterocycles. The molecule has 3 unspecified atom stereocenters. The minimum Gasteiger partial charge on any atom is -0.469 e. The number of imide groups is 1. The number of amides is 3. The number of rotatable bonds is 6. The van der Waals surface area contributed by atoms with Crippen LogP contribution in [0.1, 0.15) is 34.6 Å². The molecule has 11 heteroatoms. The van der Waals surface area contributed by atoms with Crippen molar-refractivity contribution < 1.29 is 23.9 Å². The molecular formula is C18H16ClN3O5S2. The lowest BCUT2D eigenvalue weighted by atomic mass is 9.77. The third-order valence-corrected chi connectivity index (χ3v) is 8.00. The molecule has 3 atom stereocenters. The van der Waals surface area contributed by atoms with E-state index in [1.807, 2.05) is 5.40 Å². The van der Waals surface area contributed by atoms with Crippen LogP contribution in [0.2, 0.25) is 0 Å². The molecule has 0 aromatic heterocycles. The van der Waals surface area contributed by atoms with E-state index >= 15 is 0 Å². The molecule has 1 aromatic rings. The summed E-state index contributed by atoms with van der Waals surface area (Å²) in [5, 5.41) is 13.3. The monoisotopic (exact) mass is 453 g/mol. The van der Waals surface area contributed by atoms with E-state index in [9.17, 15) is 19.2 Å². The predicted octanol–water partition coefficient (Wildman–Crippen LogP) is 2.15. The van der Waals surface area contributed by atoms with Crippen LogP contribution in [0.5, 0.6) is 0 Å². The molecule has 3 amide bonds. The highest BCUT2D eigenvalue weighted by Gasteiger charge is 2.68. The van der Waals surface area contributed by atoms with Crippen molar-refractivity contribution in [3.8, 4) is 5.40 Å². The molecule has 0 saturated carbocycles. The summed E-state index contributed by atoms with van der Waals surface area (Å²) in [4.78, 5) is 49.9. The molecule has 2 heterocycles. The van der Waals surface area contributed by atoms with E-state index in [-0.39, 0.29) is 11.1 Å². The number of methoxy groups -OCH3 is 1. The highest BCUT2D eigenvalue weighted by atomic mass is 35.5. The zero-order valence-electron chi connectivity index (χ0n) is 15.6. The van der Waals surface area contributed by atoms with Gasteiger partial charge in [0, 0.05) is 15.5 Å². The number of carbonyl (C=O) groups excluding carboxylic acids is 4. The Morgan fingerprint density at radius 2 is 1.86 bits per heavy atom. The Morgan fingerprint density at radius 3 is 2.31 bits per heavy atom. The zero-order valence-corrected chi connectivity index (χ0v) is 18.0. The van der Waals surface area contributed by atoms with Crippen LogP contribution in [0, 0.1) is 16.6 Å². The number of alkyl halides is 1. The van der Waals surface area contributed by atoms with Gasteiger partial charge in [0.15, 0.2) is 11.0 Å². The second-order valence-electron chi connectivity index (χ2n) is 7.00. The maximum Gasteiger partial charge on any atom is 0.313 e. The molecule has 3 rings (SSSR count). The minimum atomic E-state index is -1.79. The van der Waals surface area contributed by atoms with Crippen molar-refractivity contribution in [3.63, 3.8) is 0 Å². The molecule has 8 nitrogen and oxygen atoms in total. The van der Waals surface area contributed by atoms with Crippen molar-refractivity contribution in [1.82, 2.24) is 10.2 Å². The molecule has 0 aliphatic carbocycles. The first-order chi connectivity index (χ1) is 13.6. The largest absolute Gasteiger partial charge is 0.469 e. The number of carbonyl (C=O) groups is 4. The van der Waals surface area contributed by atoms with Crippen LogP contribution in [0.3, 0.4) is 0 Å². The fourth-order valence-corrected chi connectivity index (χ4v) is 6.06. The smallest absolute Gasteiger partial charge is 0.313 e. The summed E-state index contributed by atoms with van der Waals surface area (Å²) in [6.45, 7) is 3.33. The van der Waals surface area contributed by atoms with E-state index in [1.54, 1.807) is 26.0 Å². The van der Waals surface area contributed by atoms with Gasteiger partial charge in [0.1, 0.15) is 11.3 Å². The van der Waals surface area contributed by atoms with Gasteiger partial charge in [-0.3, -0.25) is 24.1 Å². The van der Waals surface area contributed by atoms with Gasteiger partial charge in [-0.1, -0.05) is 34.5 Å².